The SMILES string of the molecule is CN(C)C(C(=O)N1CCCC1c1ncc(-c2ccc(-c3ccc(-c4cnc(C5OCCN5C(=O)OCc5ccccc5)[nH]4)cc3)cc2)[nH]1)c1ccccc1. The number of aromatic amines is 2. The molecule has 0 saturated carbocycles. The largest absolute Gasteiger partial charge is 0.444 e. The molecule has 2 aromatic heterocycles. The summed E-state index contributed by atoms with van der Waals surface area (Å²) in [5.74, 6) is 1.47. The fourth-order valence-electron chi connectivity index (χ4n) is 7.40. The van der Waals surface area contributed by atoms with Crippen LogP contribution in [0.3, 0.4) is 0 Å². The normalized spacial score (nSPS) is 17.6. The van der Waals surface area contributed by atoms with Crippen molar-refractivity contribution in [2.75, 3.05) is 33.8 Å². The predicted molar refractivity (Wildman–Crippen MR) is 206 cm³/mol. The van der Waals surface area contributed by atoms with Crippen LogP contribution in [-0.2, 0) is 20.9 Å². The highest BCUT2D eigenvalue weighted by Gasteiger charge is 2.37. The first kappa shape index (κ1) is 35.0. The molecule has 0 radical (unpaired) electrons. The molecule has 0 aliphatic carbocycles. The standard InChI is InChI=1S/C43H43N7O4/c1-48(2)38(34-12-7-4-8-13-34)41(51)49-23-9-14-37(49)39-44-26-35(46-39)32-19-15-30(16-20-32)31-17-21-33(22-18-31)36-27-45-40(47-36)42-50(24-25-53-42)43(52)54-28-29-10-5-3-6-11-29/h3-8,10-13,15-22,26-27,37-38,42H,9,14,23-25,28H2,1-2H3,(H,44,46)(H,45,47). The molecule has 2 N–H and O–H groups in total. The van der Waals surface area contributed by atoms with Gasteiger partial charge in [-0.15, -0.1) is 0 Å². The van der Waals surface area contributed by atoms with Gasteiger partial charge in [-0.05, 0) is 60.3 Å². The number of ether oxygens (including phenoxy) is 2. The number of nitrogens with one attached hydrogen (secondary N) is 2. The molecule has 274 valence electrons. The molecule has 3 atom stereocenters. The molecule has 4 aromatic carbocycles. The molecule has 0 bridgehead atoms. The van der Waals surface area contributed by atoms with Gasteiger partial charge in [-0.25, -0.2) is 14.8 Å². The third-order valence-electron chi connectivity index (χ3n) is 10.2. The molecule has 8 rings (SSSR count). The van der Waals surface area contributed by atoms with Gasteiger partial charge in [-0.3, -0.25) is 14.6 Å². The number of rotatable bonds is 10. The Morgan fingerprint density at radius 2 is 1.33 bits per heavy atom. The number of benzene rings is 4. The summed E-state index contributed by atoms with van der Waals surface area (Å²) in [5, 5.41) is 0. The molecule has 2 aliphatic rings. The second-order valence-corrected chi connectivity index (χ2v) is 13.9. The average Bonchev–Trinajstić information content (AvgIpc) is 4.05. The van der Waals surface area contributed by atoms with Crippen LogP contribution in [0.1, 0.15) is 53.9 Å². The first-order valence-corrected chi connectivity index (χ1v) is 18.3. The second kappa shape index (κ2) is 15.5. The first-order valence-electron chi connectivity index (χ1n) is 18.3. The Balaban J connectivity index is 0.908. The van der Waals surface area contributed by atoms with Crippen molar-refractivity contribution in [3.8, 4) is 33.6 Å². The molecule has 2 fully saturated rings. The average molecular weight is 722 g/mol. The Labute approximate surface area is 314 Å². The van der Waals surface area contributed by atoms with Crippen molar-refractivity contribution in [1.29, 1.82) is 0 Å². The number of aromatic nitrogens is 4. The number of likely N-dealkylation sites (N-methyl/N-ethyl adjacent to an activating group) is 1. The van der Waals surface area contributed by atoms with Gasteiger partial charge in [0.05, 0.1) is 43.0 Å². The van der Waals surface area contributed by atoms with Crippen LogP contribution in [0.25, 0.3) is 33.6 Å². The summed E-state index contributed by atoms with van der Waals surface area (Å²) in [6, 6.07) is 35.8. The molecule has 0 spiro atoms. The van der Waals surface area contributed by atoms with E-state index in [1.54, 1.807) is 11.1 Å². The molecule has 4 heterocycles. The molecule has 3 unspecified atom stereocenters. The summed E-state index contributed by atoms with van der Waals surface area (Å²) >= 11 is 0. The highest BCUT2D eigenvalue weighted by Crippen LogP contribution is 2.36. The van der Waals surface area contributed by atoms with E-state index in [-0.39, 0.29) is 24.6 Å². The number of carbonyl (C=O) groups is 2. The van der Waals surface area contributed by atoms with E-state index in [4.69, 9.17) is 14.5 Å². The molecule has 2 amide bonds. The van der Waals surface area contributed by atoms with Crippen molar-refractivity contribution in [3.05, 3.63) is 144 Å². The van der Waals surface area contributed by atoms with E-state index in [1.807, 2.05) is 90.8 Å². The summed E-state index contributed by atoms with van der Waals surface area (Å²) in [6.07, 6.45) is 4.36. The third kappa shape index (κ3) is 7.28. The third-order valence-corrected chi connectivity index (χ3v) is 10.2. The van der Waals surface area contributed by atoms with Crippen LogP contribution in [-0.4, -0.2) is 80.4 Å². The van der Waals surface area contributed by atoms with Crippen LogP contribution < -0.4 is 0 Å². The van der Waals surface area contributed by atoms with Gasteiger partial charge in [0, 0.05) is 6.54 Å². The fraction of sp³-hybridized carbons (Fsp3) is 0.256. The zero-order chi connectivity index (χ0) is 37.0. The maximum atomic E-state index is 13.9. The van der Waals surface area contributed by atoms with E-state index in [2.05, 4.69) is 63.5 Å². The topological polar surface area (TPSA) is 120 Å². The van der Waals surface area contributed by atoms with Crippen LogP contribution in [0.5, 0.6) is 0 Å². The fourth-order valence-corrected chi connectivity index (χ4v) is 7.40. The second-order valence-electron chi connectivity index (χ2n) is 13.9. The maximum absolute atomic E-state index is 13.9. The van der Waals surface area contributed by atoms with Crippen LogP contribution in [0.15, 0.2) is 122 Å². The molecule has 2 saturated heterocycles. The zero-order valence-electron chi connectivity index (χ0n) is 30.4. The molecule has 2 aliphatic heterocycles. The van der Waals surface area contributed by atoms with E-state index >= 15 is 0 Å². The molecule has 11 nitrogen and oxygen atoms in total. The molecular weight excluding hydrogens is 679 g/mol. The molecule has 11 heteroatoms. The number of imidazole rings is 2. The van der Waals surface area contributed by atoms with Crippen LogP contribution in [0.4, 0.5) is 4.79 Å². The van der Waals surface area contributed by atoms with Gasteiger partial charge >= 0.3 is 6.09 Å². The number of amides is 2. The Bertz CT molecular complexity index is 2180. The number of hydrogen-bond acceptors (Lipinski definition) is 7. The summed E-state index contributed by atoms with van der Waals surface area (Å²) in [5.41, 5.74) is 7.82. The van der Waals surface area contributed by atoms with Crippen molar-refractivity contribution in [2.45, 2.75) is 37.8 Å². The monoisotopic (exact) mass is 721 g/mol. The number of hydrogen-bond donors (Lipinski definition) is 2. The minimum atomic E-state index is -0.638. The Morgan fingerprint density at radius 3 is 1.96 bits per heavy atom. The lowest BCUT2D eigenvalue weighted by Gasteiger charge is -2.31. The summed E-state index contributed by atoms with van der Waals surface area (Å²) < 4.78 is 11.4. The molecule has 6 aromatic rings. The molecular formula is C43H43N7O4. The lowest BCUT2D eigenvalue weighted by atomic mass is 10.0. The molecule has 54 heavy (non-hydrogen) atoms. The van der Waals surface area contributed by atoms with Gasteiger partial charge in [0.25, 0.3) is 0 Å². The number of carbonyl (C=O) groups excluding carboxylic acids is 2. The van der Waals surface area contributed by atoms with Gasteiger partial charge < -0.3 is 24.3 Å². The van der Waals surface area contributed by atoms with E-state index in [9.17, 15) is 9.59 Å². The summed E-state index contributed by atoms with van der Waals surface area (Å²) in [6.45, 7) is 1.74. The minimum absolute atomic E-state index is 0.0905. The number of likely N-dealkylation sites (tertiary alicyclic amines) is 1. The maximum Gasteiger partial charge on any atom is 0.412 e. The van der Waals surface area contributed by atoms with Crippen LogP contribution in [0, 0.1) is 0 Å². The zero-order valence-corrected chi connectivity index (χ0v) is 30.4. The Morgan fingerprint density at radius 1 is 0.759 bits per heavy atom. The smallest absolute Gasteiger partial charge is 0.412 e. The van der Waals surface area contributed by atoms with Crippen molar-refractivity contribution in [2.24, 2.45) is 0 Å². The van der Waals surface area contributed by atoms with E-state index in [0.29, 0.717) is 25.5 Å². The number of nitrogens with zero attached hydrogens (tertiary/aromatic N) is 5. The van der Waals surface area contributed by atoms with Crippen LogP contribution >= 0.6 is 0 Å². The predicted octanol–water partition coefficient (Wildman–Crippen LogP) is 7.77. The van der Waals surface area contributed by atoms with Gasteiger partial charge in [-0.2, -0.15) is 0 Å². The quantitative estimate of drug-likeness (QED) is 0.148. The van der Waals surface area contributed by atoms with Crippen molar-refractivity contribution in [1.82, 2.24) is 34.6 Å². The van der Waals surface area contributed by atoms with Crippen LogP contribution in [0.2, 0.25) is 0 Å². The first-order chi connectivity index (χ1) is 26.4. The lowest BCUT2D eigenvalue weighted by molar-refractivity contribution is -0.137. The van der Waals surface area contributed by atoms with Gasteiger partial charge in [0.1, 0.15) is 18.5 Å². The Hall–Kier alpha value is -6.04. The van der Waals surface area contributed by atoms with Crippen molar-refractivity contribution < 1.29 is 19.1 Å². The van der Waals surface area contributed by atoms with Gasteiger partial charge in [-0.1, -0.05) is 109 Å². The van der Waals surface area contributed by atoms with E-state index in [1.165, 1.54) is 0 Å². The van der Waals surface area contributed by atoms with E-state index in [0.717, 1.165) is 63.4 Å². The minimum Gasteiger partial charge on any atom is -0.444 e. The highest BCUT2D eigenvalue weighted by molar-refractivity contribution is 5.84. The van der Waals surface area contributed by atoms with Crippen molar-refractivity contribution >= 4 is 12.0 Å². The number of H-pyrrole nitrogens is 2. The highest BCUT2D eigenvalue weighted by atomic mass is 16.6. The summed E-state index contributed by atoms with van der Waals surface area (Å²) in [7, 11) is 3.91. The summed E-state index contributed by atoms with van der Waals surface area (Å²) in [4.78, 5) is 48.5. The lowest BCUT2D eigenvalue weighted by Crippen LogP contribution is -2.40. The van der Waals surface area contributed by atoms with E-state index < -0.39 is 12.3 Å². The van der Waals surface area contributed by atoms with Gasteiger partial charge in [0.15, 0.2) is 12.1 Å². The van der Waals surface area contributed by atoms with Crippen molar-refractivity contribution in [3.63, 3.8) is 0 Å². The van der Waals surface area contributed by atoms with Gasteiger partial charge in [0.2, 0.25) is 5.91 Å². The Kier molecular flexibility index (Phi) is 10.1.